The number of nitrogens with one attached hydrogen (secondary N) is 1. The number of aliphatic hydroxyl groups is 1. The first-order valence-electron chi connectivity index (χ1n) is 4.90. The quantitative estimate of drug-likeness (QED) is 0.575. The van der Waals surface area contributed by atoms with Crippen LogP contribution in [0.3, 0.4) is 0 Å². The average molecular weight is 172 g/mol. The third-order valence-electron chi connectivity index (χ3n) is 2.49. The smallest absolute Gasteiger partial charge is 0.0555 e. The van der Waals surface area contributed by atoms with Crippen LogP contribution in [0.1, 0.15) is 19.8 Å². The van der Waals surface area contributed by atoms with Gasteiger partial charge in [-0.25, -0.2) is 0 Å². The van der Waals surface area contributed by atoms with E-state index in [0.29, 0.717) is 6.04 Å². The van der Waals surface area contributed by atoms with Crippen LogP contribution in [0.15, 0.2) is 0 Å². The van der Waals surface area contributed by atoms with Crippen LogP contribution in [-0.4, -0.2) is 48.8 Å². The number of nitrogens with zero attached hydrogens (tertiary/aromatic N) is 1. The van der Waals surface area contributed by atoms with Gasteiger partial charge in [0.05, 0.1) is 6.61 Å². The van der Waals surface area contributed by atoms with Gasteiger partial charge in [0.15, 0.2) is 0 Å². The van der Waals surface area contributed by atoms with Crippen LogP contribution in [0.4, 0.5) is 0 Å². The lowest BCUT2D eigenvalue weighted by Crippen LogP contribution is -2.39. The third kappa shape index (κ3) is 3.09. The lowest BCUT2D eigenvalue weighted by atomic mass is 10.3. The Morgan fingerprint density at radius 2 is 2.08 bits per heavy atom. The molecule has 0 radical (unpaired) electrons. The van der Waals surface area contributed by atoms with Crippen molar-refractivity contribution in [1.82, 2.24) is 10.2 Å². The zero-order chi connectivity index (χ0) is 8.81. The summed E-state index contributed by atoms with van der Waals surface area (Å²) in [6.07, 6.45) is 2.70. The second kappa shape index (κ2) is 5.51. The Bertz CT molecular complexity index is 113. The van der Waals surface area contributed by atoms with E-state index in [4.69, 9.17) is 5.11 Å². The van der Waals surface area contributed by atoms with Gasteiger partial charge in [0.25, 0.3) is 0 Å². The van der Waals surface area contributed by atoms with Crippen LogP contribution in [-0.2, 0) is 0 Å². The van der Waals surface area contributed by atoms with E-state index in [1.54, 1.807) is 0 Å². The van der Waals surface area contributed by atoms with Crippen LogP contribution in [0, 0.1) is 0 Å². The first kappa shape index (κ1) is 9.96. The minimum atomic E-state index is 0.243. The topological polar surface area (TPSA) is 35.5 Å². The Hall–Kier alpha value is -0.120. The van der Waals surface area contributed by atoms with E-state index < -0.39 is 0 Å². The van der Waals surface area contributed by atoms with Gasteiger partial charge >= 0.3 is 0 Å². The zero-order valence-electron chi connectivity index (χ0n) is 7.92. The molecule has 1 heterocycles. The molecule has 0 saturated carbocycles. The van der Waals surface area contributed by atoms with E-state index >= 15 is 0 Å². The summed E-state index contributed by atoms with van der Waals surface area (Å²) < 4.78 is 0. The van der Waals surface area contributed by atoms with Crippen molar-refractivity contribution in [2.75, 3.05) is 32.8 Å². The second-order valence-corrected chi connectivity index (χ2v) is 3.52. The molecular weight excluding hydrogens is 152 g/mol. The average Bonchev–Trinajstić information content (AvgIpc) is 2.56. The minimum Gasteiger partial charge on any atom is -0.395 e. The number of rotatable bonds is 5. The molecule has 0 aromatic rings. The summed E-state index contributed by atoms with van der Waals surface area (Å²) in [4.78, 5) is 2.50. The largest absolute Gasteiger partial charge is 0.395 e. The Kier molecular flexibility index (Phi) is 4.58. The molecule has 2 N–H and O–H groups in total. The Morgan fingerprint density at radius 1 is 1.42 bits per heavy atom. The van der Waals surface area contributed by atoms with Gasteiger partial charge in [0.2, 0.25) is 0 Å². The lowest BCUT2D eigenvalue weighted by Gasteiger charge is -2.23. The maximum absolute atomic E-state index is 8.57. The maximum atomic E-state index is 8.57. The molecule has 0 bridgehead atoms. The van der Waals surface area contributed by atoms with E-state index in [1.165, 1.54) is 25.9 Å². The maximum Gasteiger partial charge on any atom is 0.0555 e. The summed E-state index contributed by atoms with van der Waals surface area (Å²) in [5.74, 6) is 0. The number of hydrogen-bond donors (Lipinski definition) is 2. The molecule has 1 aliphatic heterocycles. The van der Waals surface area contributed by atoms with Gasteiger partial charge in [0, 0.05) is 19.1 Å². The third-order valence-corrected chi connectivity index (χ3v) is 2.49. The van der Waals surface area contributed by atoms with Gasteiger partial charge in [-0.3, -0.25) is 4.90 Å². The molecule has 1 atom stereocenters. The van der Waals surface area contributed by atoms with Crippen molar-refractivity contribution in [3.05, 3.63) is 0 Å². The highest BCUT2D eigenvalue weighted by atomic mass is 16.3. The molecule has 3 nitrogen and oxygen atoms in total. The van der Waals surface area contributed by atoms with Crippen molar-refractivity contribution < 1.29 is 5.11 Å². The van der Waals surface area contributed by atoms with E-state index in [1.807, 2.05) is 0 Å². The molecule has 0 aromatic carbocycles. The molecule has 3 heteroatoms. The second-order valence-electron chi connectivity index (χ2n) is 3.52. The molecule has 1 rings (SSSR count). The minimum absolute atomic E-state index is 0.243. The molecule has 1 fully saturated rings. The van der Waals surface area contributed by atoms with Crippen molar-refractivity contribution in [3.8, 4) is 0 Å². The van der Waals surface area contributed by atoms with Gasteiger partial charge in [-0.05, 0) is 32.9 Å². The summed E-state index contributed by atoms with van der Waals surface area (Å²) in [5.41, 5.74) is 0. The molecule has 0 aromatic heterocycles. The SMILES string of the molecule is CC(CNCCO)N1CCCC1. The Labute approximate surface area is 74.8 Å². The lowest BCUT2D eigenvalue weighted by molar-refractivity contribution is 0.240. The first-order valence-corrected chi connectivity index (χ1v) is 4.90. The fourth-order valence-corrected chi connectivity index (χ4v) is 1.70. The van der Waals surface area contributed by atoms with E-state index in [-0.39, 0.29) is 6.61 Å². The van der Waals surface area contributed by atoms with Gasteiger partial charge in [-0.1, -0.05) is 0 Å². The molecule has 1 aliphatic rings. The van der Waals surface area contributed by atoms with Crippen molar-refractivity contribution in [2.24, 2.45) is 0 Å². The van der Waals surface area contributed by atoms with Crippen molar-refractivity contribution in [3.63, 3.8) is 0 Å². The highest BCUT2D eigenvalue weighted by Gasteiger charge is 2.16. The summed E-state index contributed by atoms with van der Waals surface area (Å²) in [6.45, 7) is 6.71. The Morgan fingerprint density at radius 3 is 2.67 bits per heavy atom. The highest BCUT2D eigenvalue weighted by molar-refractivity contribution is 4.74. The summed E-state index contributed by atoms with van der Waals surface area (Å²) >= 11 is 0. The number of hydrogen-bond acceptors (Lipinski definition) is 3. The fraction of sp³-hybridized carbons (Fsp3) is 1.00. The molecule has 0 amide bonds. The first-order chi connectivity index (χ1) is 5.84. The predicted molar refractivity (Wildman–Crippen MR) is 50.2 cm³/mol. The molecule has 1 unspecified atom stereocenters. The van der Waals surface area contributed by atoms with Crippen LogP contribution in [0.2, 0.25) is 0 Å². The summed E-state index contributed by atoms with van der Waals surface area (Å²) in [6, 6.07) is 0.624. The predicted octanol–water partition coefficient (Wildman–Crippen LogP) is 0.0526. The van der Waals surface area contributed by atoms with Crippen molar-refractivity contribution in [1.29, 1.82) is 0 Å². The number of likely N-dealkylation sites (tertiary alicyclic amines) is 1. The molecular formula is C9H20N2O. The van der Waals surface area contributed by atoms with Crippen LogP contribution < -0.4 is 5.32 Å². The van der Waals surface area contributed by atoms with Gasteiger partial charge in [0.1, 0.15) is 0 Å². The van der Waals surface area contributed by atoms with Gasteiger partial charge in [-0.15, -0.1) is 0 Å². The van der Waals surface area contributed by atoms with Crippen LogP contribution in [0.5, 0.6) is 0 Å². The molecule has 0 spiro atoms. The van der Waals surface area contributed by atoms with E-state index in [0.717, 1.165) is 13.1 Å². The van der Waals surface area contributed by atoms with Crippen molar-refractivity contribution >= 4 is 0 Å². The van der Waals surface area contributed by atoms with E-state index in [9.17, 15) is 0 Å². The highest BCUT2D eigenvalue weighted by Crippen LogP contribution is 2.10. The monoisotopic (exact) mass is 172 g/mol. The van der Waals surface area contributed by atoms with Crippen LogP contribution >= 0.6 is 0 Å². The zero-order valence-corrected chi connectivity index (χ0v) is 7.92. The molecule has 1 saturated heterocycles. The summed E-state index contributed by atoms with van der Waals surface area (Å²) in [7, 11) is 0. The Balaban J connectivity index is 2.05. The molecule has 0 aliphatic carbocycles. The normalized spacial score (nSPS) is 21.5. The molecule has 72 valence electrons. The standard InChI is InChI=1S/C9H20N2O/c1-9(8-10-4-7-12)11-5-2-3-6-11/h9-10,12H,2-8H2,1H3. The van der Waals surface area contributed by atoms with Gasteiger partial charge < -0.3 is 10.4 Å². The molecule has 12 heavy (non-hydrogen) atoms. The van der Waals surface area contributed by atoms with Crippen LogP contribution in [0.25, 0.3) is 0 Å². The summed E-state index contributed by atoms with van der Waals surface area (Å²) in [5, 5.41) is 11.8. The fourth-order valence-electron chi connectivity index (χ4n) is 1.70. The van der Waals surface area contributed by atoms with Crippen molar-refractivity contribution in [2.45, 2.75) is 25.8 Å². The number of aliphatic hydroxyl groups excluding tert-OH is 1. The van der Waals surface area contributed by atoms with Gasteiger partial charge in [-0.2, -0.15) is 0 Å². The van der Waals surface area contributed by atoms with E-state index in [2.05, 4.69) is 17.1 Å².